The molecule has 0 saturated heterocycles. The molecule has 0 aliphatic carbocycles. The molecule has 1 heterocycles. The van der Waals surface area contributed by atoms with Crippen LogP contribution in [0.4, 0.5) is 0 Å². The number of carbonyl (C=O) groups is 1. The second kappa shape index (κ2) is 4.70. The maximum absolute atomic E-state index is 12.1. The summed E-state index contributed by atoms with van der Waals surface area (Å²) in [4.78, 5) is 12.1. The van der Waals surface area contributed by atoms with Crippen LogP contribution in [0.2, 0.25) is 0 Å². The molecule has 1 aromatic rings. The quantitative estimate of drug-likeness (QED) is 0.587. The van der Waals surface area contributed by atoms with Gasteiger partial charge in [0.25, 0.3) is 0 Å². The first-order valence-corrected chi connectivity index (χ1v) is 5.70. The molecule has 1 aliphatic heterocycles. The Labute approximate surface area is 102 Å². The molecule has 0 atom stereocenters. The molecule has 0 unspecified atom stereocenters. The van der Waals surface area contributed by atoms with Crippen molar-refractivity contribution in [3.8, 4) is 5.75 Å². The van der Waals surface area contributed by atoms with Crippen molar-refractivity contribution < 1.29 is 14.3 Å². The van der Waals surface area contributed by atoms with E-state index in [4.69, 9.17) is 9.47 Å². The van der Waals surface area contributed by atoms with Crippen molar-refractivity contribution in [2.75, 3.05) is 13.7 Å². The van der Waals surface area contributed by atoms with Gasteiger partial charge in [-0.25, -0.2) is 0 Å². The maximum Gasteiger partial charge on any atom is 0.195 e. The first-order valence-electron chi connectivity index (χ1n) is 4.91. The number of rotatable bonds is 1. The summed E-state index contributed by atoms with van der Waals surface area (Å²) in [5, 5.41) is 0. The number of ketones is 1. The minimum atomic E-state index is -0.0261. The lowest BCUT2D eigenvalue weighted by molar-refractivity contribution is 0.102. The Morgan fingerprint density at radius 3 is 3.06 bits per heavy atom. The van der Waals surface area contributed by atoms with Crippen LogP contribution in [0, 0.1) is 0 Å². The zero-order chi connectivity index (χ0) is 11.5. The fourth-order valence-corrected chi connectivity index (χ4v) is 1.96. The van der Waals surface area contributed by atoms with Gasteiger partial charge in [0.2, 0.25) is 0 Å². The topological polar surface area (TPSA) is 35.5 Å². The number of hydrogen-bond donors (Lipinski definition) is 0. The van der Waals surface area contributed by atoms with Gasteiger partial charge in [-0.3, -0.25) is 4.79 Å². The average molecular weight is 283 g/mol. The average Bonchev–Trinajstić information content (AvgIpc) is 2.40. The summed E-state index contributed by atoms with van der Waals surface area (Å²) < 4.78 is 11.3. The highest BCUT2D eigenvalue weighted by Gasteiger charge is 2.21. The predicted octanol–water partition coefficient (Wildman–Crippen LogP) is 2.94. The van der Waals surface area contributed by atoms with Gasteiger partial charge < -0.3 is 9.47 Å². The molecule has 0 amide bonds. The van der Waals surface area contributed by atoms with Gasteiger partial charge in [-0.05, 0) is 18.2 Å². The fraction of sp³-hybridized carbons (Fsp3) is 0.250. The summed E-state index contributed by atoms with van der Waals surface area (Å²) in [6.45, 7) is 0.490. The summed E-state index contributed by atoms with van der Waals surface area (Å²) >= 11 is 3.35. The van der Waals surface area contributed by atoms with Crippen LogP contribution in [-0.4, -0.2) is 19.5 Å². The van der Waals surface area contributed by atoms with Gasteiger partial charge >= 0.3 is 0 Å². The van der Waals surface area contributed by atoms with E-state index < -0.39 is 0 Å². The maximum atomic E-state index is 12.1. The molecular weight excluding hydrogens is 272 g/mol. The number of fused-ring (bicyclic) bond motifs is 1. The third-order valence-corrected chi connectivity index (χ3v) is 2.86. The lowest BCUT2D eigenvalue weighted by Gasteiger charge is -2.05. The Balaban J connectivity index is 2.45. The van der Waals surface area contributed by atoms with Crippen molar-refractivity contribution in [1.29, 1.82) is 0 Å². The van der Waals surface area contributed by atoms with Crippen LogP contribution in [0.5, 0.6) is 5.75 Å². The third-order valence-electron chi connectivity index (χ3n) is 2.37. The van der Waals surface area contributed by atoms with E-state index in [1.807, 2.05) is 12.1 Å². The normalized spacial score (nSPS) is 17.6. The zero-order valence-corrected chi connectivity index (χ0v) is 10.4. The Hall–Kier alpha value is -1.29. The minimum absolute atomic E-state index is 0.0261. The van der Waals surface area contributed by atoms with Crippen LogP contribution in [0.1, 0.15) is 16.8 Å². The number of halogens is 1. The zero-order valence-electron chi connectivity index (χ0n) is 8.83. The minimum Gasteiger partial charge on any atom is -0.504 e. The van der Waals surface area contributed by atoms with E-state index in [9.17, 15) is 4.79 Å². The molecular formula is C12H11BrO3. The summed E-state index contributed by atoms with van der Waals surface area (Å²) in [5.74, 6) is 0.598. The predicted molar refractivity (Wildman–Crippen MR) is 63.7 cm³/mol. The van der Waals surface area contributed by atoms with Crippen molar-refractivity contribution in [2.24, 2.45) is 0 Å². The van der Waals surface area contributed by atoms with Crippen LogP contribution < -0.4 is 4.74 Å². The van der Waals surface area contributed by atoms with E-state index in [1.165, 1.54) is 13.4 Å². The molecule has 0 aromatic heterocycles. The van der Waals surface area contributed by atoms with Gasteiger partial charge in [0.1, 0.15) is 5.75 Å². The van der Waals surface area contributed by atoms with Gasteiger partial charge in [0.05, 0.1) is 25.5 Å². The number of carbonyl (C=O) groups excluding carboxylic acids is 1. The largest absolute Gasteiger partial charge is 0.504 e. The van der Waals surface area contributed by atoms with Crippen molar-refractivity contribution >= 4 is 21.7 Å². The molecule has 1 aliphatic rings. The summed E-state index contributed by atoms with van der Waals surface area (Å²) in [6.07, 6.45) is 2.06. The van der Waals surface area contributed by atoms with Crippen LogP contribution in [0.25, 0.3) is 0 Å². The van der Waals surface area contributed by atoms with E-state index in [2.05, 4.69) is 15.9 Å². The van der Waals surface area contributed by atoms with Crippen LogP contribution in [-0.2, 0) is 4.74 Å². The molecule has 0 radical (unpaired) electrons. The van der Waals surface area contributed by atoms with Gasteiger partial charge in [-0.1, -0.05) is 15.9 Å². The van der Waals surface area contributed by atoms with Gasteiger partial charge in [0, 0.05) is 16.5 Å². The van der Waals surface area contributed by atoms with E-state index in [0.717, 1.165) is 4.47 Å². The number of Topliss-reactive ketones (excluding diaryl/α,β-unsaturated/α-hetero) is 1. The molecule has 2 rings (SSSR count). The molecule has 0 bridgehead atoms. The third kappa shape index (κ3) is 2.11. The number of hydrogen-bond acceptors (Lipinski definition) is 3. The van der Waals surface area contributed by atoms with E-state index in [-0.39, 0.29) is 5.78 Å². The number of benzene rings is 1. The first-order chi connectivity index (χ1) is 7.72. The molecule has 0 fully saturated rings. The first kappa shape index (κ1) is 11.2. The van der Waals surface area contributed by atoms with Crippen molar-refractivity contribution in [1.82, 2.24) is 0 Å². The SMILES string of the molecule is CO/C=C1/CCOc2cc(Br)ccc2C1=O. The molecule has 0 spiro atoms. The standard InChI is InChI=1S/C12H11BrO3/c1-15-7-8-4-5-16-11-6-9(13)2-3-10(11)12(8)14/h2-3,6-7H,4-5H2,1H3/b8-7-. The van der Waals surface area contributed by atoms with Gasteiger partial charge in [-0.15, -0.1) is 0 Å². The Kier molecular flexibility index (Phi) is 3.29. The highest BCUT2D eigenvalue weighted by molar-refractivity contribution is 9.10. The van der Waals surface area contributed by atoms with Crippen LogP contribution in [0.3, 0.4) is 0 Å². The molecule has 4 heteroatoms. The monoisotopic (exact) mass is 282 g/mol. The number of ether oxygens (including phenoxy) is 2. The van der Waals surface area contributed by atoms with Crippen molar-refractivity contribution in [3.05, 3.63) is 40.1 Å². The fourth-order valence-electron chi connectivity index (χ4n) is 1.62. The van der Waals surface area contributed by atoms with Crippen molar-refractivity contribution in [3.63, 3.8) is 0 Å². The second-order valence-electron chi connectivity index (χ2n) is 3.45. The summed E-state index contributed by atoms with van der Waals surface area (Å²) in [6, 6.07) is 5.40. The van der Waals surface area contributed by atoms with E-state index in [1.54, 1.807) is 6.07 Å². The molecule has 84 valence electrons. The lowest BCUT2D eigenvalue weighted by Crippen LogP contribution is -2.02. The molecule has 0 saturated carbocycles. The van der Waals surface area contributed by atoms with E-state index >= 15 is 0 Å². The summed E-state index contributed by atoms with van der Waals surface area (Å²) in [5.41, 5.74) is 1.23. The number of methoxy groups -OCH3 is 1. The Bertz CT molecular complexity index is 452. The van der Waals surface area contributed by atoms with E-state index in [0.29, 0.717) is 29.9 Å². The Morgan fingerprint density at radius 2 is 2.31 bits per heavy atom. The lowest BCUT2D eigenvalue weighted by atomic mass is 10.0. The van der Waals surface area contributed by atoms with Crippen LogP contribution in [0.15, 0.2) is 34.5 Å². The molecule has 0 N–H and O–H groups in total. The second-order valence-corrected chi connectivity index (χ2v) is 4.36. The highest BCUT2D eigenvalue weighted by atomic mass is 79.9. The van der Waals surface area contributed by atoms with Gasteiger partial charge in [-0.2, -0.15) is 0 Å². The molecule has 16 heavy (non-hydrogen) atoms. The van der Waals surface area contributed by atoms with Crippen LogP contribution >= 0.6 is 15.9 Å². The highest BCUT2D eigenvalue weighted by Crippen LogP contribution is 2.29. The van der Waals surface area contributed by atoms with Crippen molar-refractivity contribution in [2.45, 2.75) is 6.42 Å². The van der Waals surface area contributed by atoms with Gasteiger partial charge in [0.15, 0.2) is 5.78 Å². The molecule has 3 nitrogen and oxygen atoms in total. The molecule has 1 aromatic carbocycles. The smallest absolute Gasteiger partial charge is 0.195 e. The summed E-state index contributed by atoms with van der Waals surface area (Å²) in [7, 11) is 1.54. The Morgan fingerprint density at radius 1 is 1.50 bits per heavy atom.